The summed E-state index contributed by atoms with van der Waals surface area (Å²) >= 11 is 6.66. The van der Waals surface area contributed by atoms with Crippen LogP contribution in [0.2, 0.25) is 5.02 Å². The molecule has 4 aliphatic rings. The Morgan fingerprint density at radius 3 is 2.67 bits per heavy atom. The number of hydrogen-bond acceptors (Lipinski definition) is 8. The number of likely N-dealkylation sites (N-methyl/N-ethyl adjacent to an activating group) is 1. The zero-order valence-corrected chi connectivity index (χ0v) is 23.4. The third kappa shape index (κ3) is 4.47. The highest BCUT2D eigenvalue weighted by molar-refractivity contribution is 6.36. The fourth-order valence-electron chi connectivity index (χ4n) is 7.08. The maximum atomic E-state index is 11.9. The number of piperazine rings is 1. The lowest BCUT2D eigenvalue weighted by Gasteiger charge is -2.41. The fraction of sp³-hybridized carbons (Fsp3) is 0.517. The van der Waals surface area contributed by atoms with Crippen LogP contribution in [0.4, 0.5) is 16.3 Å². The molecule has 2 aromatic heterocycles. The smallest absolute Gasteiger partial charge is 0.407 e. The fourth-order valence-corrected chi connectivity index (χ4v) is 7.36. The Kier molecular flexibility index (Phi) is 6.54. The molecule has 4 aliphatic heterocycles. The van der Waals surface area contributed by atoms with Crippen molar-refractivity contribution in [3.8, 4) is 6.01 Å². The quantitative estimate of drug-likeness (QED) is 0.493. The second kappa shape index (κ2) is 10.2. The average molecular weight is 564 g/mol. The number of halogens is 1. The Bertz CT molecular complexity index is 1440. The molecule has 10 nitrogen and oxygen atoms in total. The Balaban J connectivity index is 1.23. The molecule has 1 amide bonds. The number of amides is 1. The SMILES string of the molecule is CN1CCCC1COc1nc2c(c(N3C[C@H]4CC[C@@H](C3)N4C(=O)O)n1)CCN(c1cncc3cccc(Cl)c13)C2. The molecule has 11 heteroatoms. The minimum absolute atomic E-state index is 0.0117. The minimum Gasteiger partial charge on any atom is -0.465 e. The largest absolute Gasteiger partial charge is 0.465 e. The summed E-state index contributed by atoms with van der Waals surface area (Å²) in [4.78, 5) is 34.9. The standard InChI is InChI=1S/C29H34ClN7O3/c1-34-10-3-5-21(34)17-40-28-32-24-16-35(25-13-31-12-18-4-2-6-23(30)26(18)25)11-9-22(24)27(33-28)36-14-19-7-8-20(15-36)37(19)29(38)39/h2,4,6,12-13,19-21H,3,5,7-11,14-17H2,1H3,(H,38,39)/t19-,20+,21?. The molecule has 6 heterocycles. The summed E-state index contributed by atoms with van der Waals surface area (Å²) in [7, 11) is 2.14. The first kappa shape index (κ1) is 25.6. The normalized spacial score (nSPS) is 24.6. The minimum atomic E-state index is -0.820. The first-order valence-corrected chi connectivity index (χ1v) is 14.6. The van der Waals surface area contributed by atoms with Crippen LogP contribution in [0.25, 0.3) is 10.8 Å². The van der Waals surface area contributed by atoms with Crippen LogP contribution >= 0.6 is 11.6 Å². The van der Waals surface area contributed by atoms with Gasteiger partial charge in [-0.1, -0.05) is 23.7 Å². The number of aromatic nitrogens is 3. The number of pyridine rings is 1. The molecule has 7 rings (SSSR count). The molecule has 1 N–H and O–H groups in total. The van der Waals surface area contributed by atoms with E-state index < -0.39 is 6.09 Å². The third-order valence-corrected chi connectivity index (χ3v) is 9.47. The second-order valence-corrected chi connectivity index (χ2v) is 11.9. The Morgan fingerprint density at radius 2 is 1.93 bits per heavy atom. The van der Waals surface area contributed by atoms with E-state index in [4.69, 9.17) is 26.3 Å². The number of anilines is 2. The number of ether oxygens (including phenoxy) is 1. The predicted octanol–water partition coefficient (Wildman–Crippen LogP) is 4.04. The number of carbonyl (C=O) groups is 1. The average Bonchev–Trinajstić information content (AvgIpc) is 3.49. The van der Waals surface area contributed by atoms with Gasteiger partial charge in [-0.2, -0.15) is 9.97 Å². The van der Waals surface area contributed by atoms with Gasteiger partial charge in [0, 0.05) is 48.2 Å². The molecular weight excluding hydrogens is 530 g/mol. The summed E-state index contributed by atoms with van der Waals surface area (Å²) in [6, 6.07) is 6.64. The van der Waals surface area contributed by atoms with E-state index in [1.54, 1.807) is 4.90 Å². The van der Waals surface area contributed by atoms with Crippen molar-refractivity contribution in [3.05, 3.63) is 46.9 Å². The Hall–Kier alpha value is -3.37. The lowest BCUT2D eigenvalue weighted by Crippen LogP contribution is -2.56. The van der Waals surface area contributed by atoms with E-state index >= 15 is 0 Å². The van der Waals surface area contributed by atoms with E-state index in [2.05, 4.69) is 26.7 Å². The first-order valence-electron chi connectivity index (χ1n) is 14.2. The molecule has 1 aromatic carbocycles. The number of rotatable bonds is 5. The van der Waals surface area contributed by atoms with Crippen LogP contribution in [-0.4, -0.2) is 93.9 Å². The van der Waals surface area contributed by atoms with E-state index in [1.807, 2.05) is 30.6 Å². The number of benzene rings is 1. The zero-order valence-electron chi connectivity index (χ0n) is 22.7. The monoisotopic (exact) mass is 563 g/mol. The lowest BCUT2D eigenvalue weighted by molar-refractivity contribution is 0.114. The predicted molar refractivity (Wildman–Crippen MR) is 154 cm³/mol. The highest BCUT2D eigenvalue weighted by Gasteiger charge is 2.44. The van der Waals surface area contributed by atoms with E-state index in [1.165, 1.54) is 6.42 Å². The van der Waals surface area contributed by atoms with Gasteiger partial charge in [-0.05, 0) is 51.8 Å². The molecule has 1 unspecified atom stereocenters. The highest BCUT2D eigenvalue weighted by Crippen LogP contribution is 2.38. The van der Waals surface area contributed by atoms with Crippen LogP contribution in [0, 0.1) is 0 Å². The second-order valence-electron chi connectivity index (χ2n) is 11.5. The lowest BCUT2D eigenvalue weighted by atomic mass is 10.0. The topological polar surface area (TPSA) is 98.2 Å². The molecule has 3 saturated heterocycles. The molecular formula is C29H34ClN7O3. The molecule has 3 aromatic rings. The van der Waals surface area contributed by atoms with Crippen LogP contribution in [-0.2, 0) is 13.0 Å². The van der Waals surface area contributed by atoms with Gasteiger partial charge in [-0.3, -0.25) is 9.88 Å². The van der Waals surface area contributed by atoms with Crippen molar-refractivity contribution in [1.29, 1.82) is 0 Å². The van der Waals surface area contributed by atoms with E-state index in [0.717, 1.165) is 72.3 Å². The van der Waals surface area contributed by atoms with E-state index in [-0.39, 0.29) is 12.1 Å². The Morgan fingerprint density at radius 1 is 1.10 bits per heavy atom. The van der Waals surface area contributed by atoms with Crippen molar-refractivity contribution in [2.75, 3.05) is 49.6 Å². The van der Waals surface area contributed by atoms with E-state index in [0.29, 0.717) is 43.3 Å². The molecule has 2 bridgehead atoms. The number of carboxylic acid groups (broad SMARTS) is 1. The van der Waals surface area contributed by atoms with Crippen molar-refractivity contribution >= 4 is 40.0 Å². The molecule has 3 fully saturated rings. The van der Waals surface area contributed by atoms with Gasteiger partial charge >= 0.3 is 12.1 Å². The molecule has 210 valence electrons. The van der Waals surface area contributed by atoms with Crippen LogP contribution in [0.3, 0.4) is 0 Å². The molecule has 40 heavy (non-hydrogen) atoms. The number of likely N-dealkylation sites (tertiary alicyclic amines) is 1. The molecule has 3 atom stereocenters. The van der Waals surface area contributed by atoms with Gasteiger partial charge in [0.25, 0.3) is 0 Å². The van der Waals surface area contributed by atoms with Crippen molar-refractivity contribution in [1.82, 2.24) is 24.8 Å². The summed E-state index contributed by atoms with van der Waals surface area (Å²) in [5.74, 6) is 0.899. The zero-order chi connectivity index (χ0) is 27.4. The van der Waals surface area contributed by atoms with Gasteiger partial charge in [0.1, 0.15) is 12.4 Å². The van der Waals surface area contributed by atoms with Crippen molar-refractivity contribution < 1.29 is 14.6 Å². The highest BCUT2D eigenvalue weighted by atomic mass is 35.5. The molecule has 0 radical (unpaired) electrons. The van der Waals surface area contributed by atoms with E-state index in [9.17, 15) is 9.90 Å². The van der Waals surface area contributed by atoms with Gasteiger partial charge in [-0.15, -0.1) is 0 Å². The van der Waals surface area contributed by atoms with Crippen LogP contribution in [0.1, 0.15) is 36.9 Å². The van der Waals surface area contributed by atoms with Crippen LogP contribution in [0.15, 0.2) is 30.6 Å². The summed E-state index contributed by atoms with van der Waals surface area (Å²) in [6.07, 6.45) is 7.75. The van der Waals surface area contributed by atoms with Crippen LogP contribution < -0.4 is 14.5 Å². The maximum absolute atomic E-state index is 11.9. The number of hydrogen-bond donors (Lipinski definition) is 1. The van der Waals surface area contributed by atoms with Gasteiger partial charge < -0.3 is 24.5 Å². The van der Waals surface area contributed by atoms with Gasteiger partial charge in [0.05, 0.1) is 41.2 Å². The third-order valence-electron chi connectivity index (χ3n) is 9.15. The van der Waals surface area contributed by atoms with Crippen molar-refractivity contribution in [2.24, 2.45) is 0 Å². The maximum Gasteiger partial charge on any atom is 0.407 e. The van der Waals surface area contributed by atoms with Crippen molar-refractivity contribution in [3.63, 3.8) is 0 Å². The molecule has 0 saturated carbocycles. The summed E-state index contributed by atoms with van der Waals surface area (Å²) < 4.78 is 6.27. The van der Waals surface area contributed by atoms with Gasteiger partial charge in [0.15, 0.2) is 0 Å². The summed E-state index contributed by atoms with van der Waals surface area (Å²) in [6.45, 7) is 4.30. The summed E-state index contributed by atoms with van der Waals surface area (Å²) in [5, 5.41) is 12.5. The van der Waals surface area contributed by atoms with Gasteiger partial charge in [0.2, 0.25) is 0 Å². The first-order chi connectivity index (χ1) is 19.5. The number of fused-ring (bicyclic) bond motifs is 4. The van der Waals surface area contributed by atoms with Crippen LogP contribution in [0.5, 0.6) is 6.01 Å². The Labute approximate surface area is 238 Å². The number of nitrogens with zero attached hydrogens (tertiary/aromatic N) is 7. The molecule has 0 aliphatic carbocycles. The molecule has 0 spiro atoms. The van der Waals surface area contributed by atoms with Crippen molar-refractivity contribution in [2.45, 2.75) is 56.8 Å². The van der Waals surface area contributed by atoms with Gasteiger partial charge in [-0.25, -0.2) is 4.79 Å². The summed E-state index contributed by atoms with van der Waals surface area (Å²) in [5.41, 5.74) is 3.07.